The molecule has 0 unspecified atom stereocenters. The van der Waals surface area contributed by atoms with Crippen LogP contribution in [0, 0.1) is 5.92 Å². The number of thiazole rings is 1. The van der Waals surface area contributed by atoms with Gasteiger partial charge in [-0.25, -0.2) is 9.78 Å². The summed E-state index contributed by atoms with van der Waals surface area (Å²) in [6.07, 6.45) is 2.81. The molecule has 0 saturated carbocycles. The minimum atomic E-state index is -0.432. The van der Waals surface area contributed by atoms with Crippen LogP contribution in [0.4, 0.5) is 4.79 Å². The third-order valence-corrected chi connectivity index (χ3v) is 5.24. The number of ether oxygens (including phenoxy) is 2. The third-order valence-electron chi connectivity index (χ3n) is 4.29. The van der Waals surface area contributed by atoms with Crippen LogP contribution >= 0.6 is 11.3 Å². The van der Waals surface area contributed by atoms with Crippen molar-refractivity contribution in [1.29, 1.82) is 0 Å². The summed E-state index contributed by atoms with van der Waals surface area (Å²) in [5, 5.41) is 0.743. The van der Waals surface area contributed by atoms with Crippen molar-refractivity contribution in [3.8, 4) is 5.19 Å². The number of aromatic nitrogens is 1. The van der Waals surface area contributed by atoms with Gasteiger partial charge in [-0.1, -0.05) is 23.5 Å². The number of amides is 1. The van der Waals surface area contributed by atoms with Crippen molar-refractivity contribution in [2.75, 3.05) is 19.7 Å². The fourth-order valence-corrected chi connectivity index (χ4v) is 3.80. The molecular weight excluding hydrogens is 336 g/mol. The Labute approximate surface area is 152 Å². The summed E-state index contributed by atoms with van der Waals surface area (Å²) in [6, 6.07) is 8.07. The first-order chi connectivity index (χ1) is 11.9. The molecule has 0 bridgehead atoms. The minimum Gasteiger partial charge on any atom is -0.470 e. The van der Waals surface area contributed by atoms with Crippen molar-refractivity contribution < 1.29 is 14.3 Å². The molecular formula is C19H26N2O3S. The van der Waals surface area contributed by atoms with Gasteiger partial charge in [0.25, 0.3) is 5.19 Å². The molecule has 0 aliphatic carbocycles. The van der Waals surface area contributed by atoms with E-state index in [1.165, 1.54) is 0 Å². The number of piperidine rings is 1. The average molecular weight is 362 g/mol. The second-order valence-corrected chi connectivity index (χ2v) is 8.49. The molecule has 25 heavy (non-hydrogen) atoms. The highest BCUT2D eigenvalue weighted by Crippen LogP contribution is 2.28. The quantitative estimate of drug-likeness (QED) is 0.790. The van der Waals surface area contributed by atoms with Crippen LogP contribution in [0.3, 0.4) is 0 Å². The van der Waals surface area contributed by atoms with Crippen molar-refractivity contribution in [3.63, 3.8) is 0 Å². The van der Waals surface area contributed by atoms with Crippen LogP contribution < -0.4 is 4.74 Å². The molecule has 1 aromatic heterocycles. The van der Waals surface area contributed by atoms with Gasteiger partial charge in [0.05, 0.1) is 16.8 Å². The second-order valence-electron chi connectivity index (χ2n) is 7.50. The number of likely N-dealkylation sites (tertiary alicyclic amines) is 1. The maximum Gasteiger partial charge on any atom is 0.410 e. The van der Waals surface area contributed by atoms with Crippen LogP contribution in [0.5, 0.6) is 5.19 Å². The highest BCUT2D eigenvalue weighted by Gasteiger charge is 2.26. The molecule has 0 radical (unpaired) electrons. The number of hydrogen-bond acceptors (Lipinski definition) is 5. The van der Waals surface area contributed by atoms with Crippen molar-refractivity contribution >= 4 is 27.6 Å². The molecule has 5 nitrogen and oxygen atoms in total. The zero-order valence-electron chi connectivity index (χ0n) is 15.2. The van der Waals surface area contributed by atoms with E-state index in [4.69, 9.17) is 9.47 Å². The molecule has 0 N–H and O–H groups in total. The van der Waals surface area contributed by atoms with E-state index in [9.17, 15) is 4.79 Å². The number of carbonyl (C=O) groups excluding carboxylic acids is 1. The third kappa shape index (κ3) is 5.08. The molecule has 2 heterocycles. The normalized spacial score (nSPS) is 16.2. The maximum absolute atomic E-state index is 12.1. The van der Waals surface area contributed by atoms with Gasteiger partial charge in [-0.15, -0.1) is 0 Å². The summed E-state index contributed by atoms with van der Waals surface area (Å²) in [4.78, 5) is 18.4. The standard InChI is InChI=1S/C19H26N2O3S/c1-19(2,3)24-18(22)21-11-8-14(9-12-21)10-13-23-17-20-15-6-4-5-7-16(15)25-17/h4-7,14H,8-13H2,1-3H3. The van der Waals surface area contributed by atoms with E-state index in [1.54, 1.807) is 11.3 Å². The molecule has 136 valence electrons. The Hall–Kier alpha value is -1.82. The van der Waals surface area contributed by atoms with Crippen LogP contribution in [0.25, 0.3) is 10.2 Å². The number of carbonyl (C=O) groups is 1. The van der Waals surface area contributed by atoms with Crippen LogP contribution in [-0.4, -0.2) is 41.3 Å². The monoisotopic (exact) mass is 362 g/mol. The lowest BCUT2D eigenvalue weighted by Gasteiger charge is -2.33. The highest BCUT2D eigenvalue weighted by atomic mass is 32.1. The topological polar surface area (TPSA) is 51.7 Å². The van der Waals surface area contributed by atoms with Crippen molar-refractivity contribution in [2.24, 2.45) is 5.92 Å². The first-order valence-electron chi connectivity index (χ1n) is 8.87. The maximum atomic E-state index is 12.1. The molecule has 6 heteroatoms. The Bertz CT molecular complexity index is 682. The number of rotatable bonds is 4. The van der Waals surface area contributed by atoms with Gasteiger partial charge >= 0.3 is 6.09 Å². The number of benzene rings is 1. The highest BCUT2D eigenvalue weighted by molar-refractivity contribution is 7.20. The zero-order chi connectivity index (χ0) is 17.9. The van der Waals surface area contributed by atoms with Crippen LogP contribution in [0.2, 0.25) is 0 Å². The molecule has 1 aliphatic heterocycles. The summed E-state index contributed by atoms with van der Waals surface area (Å²) in [7, 11) is 0. The number of nitrogens with zero attached hydrogens (tertiary/aromatic N) is 2. The van der Waals surface area contributed by atoms with Gasteiger partial charge in [-0.2, -0.15) is 0 Å². The molecule has 1 saturated heterocycles. The Morgan fingerprint density at radius 1 is 1.28 bits per heavy atom. The van der Waals surface area contributed by atoms with Crippen molar-refractivity contribution in [2.45, 2.75) is 45.6 Å². The first-order valence-corrected chi connectivity index (χ1v) is 9.69. The molecule has 1 amide bonds. The lowest BCUT2D eigenvalue weighted by molar-refractivity contribution is 0.0177. The SMILES string of the molecule is CC(C)(C)OC(=O)N1CCC(CCOc2nc3ccccc3s2)CC1. The molecule has 0 spiro atoms. The summed E-state index contributed by atoms with van der Waals surface area (Å²) >= 11 is 1.59. The summed E-state index contributed by atoms with van der Waals surface area (Å²) in [5.41, 5.74) is 0.562. The summed E-state index contributed by atoms with van der Waals surface area (Å²) < 4.78 is 12.4. The van der Waals surface area contributed by atoms with Gasteiger partial charge in [0.15, 0.2) is 0 Å². The fourth-order valence-electron chi connectivity index (χ4n) is 2.96. The van der Waals surface area contributed by atoms with E-state index in [0.717, 1.165) is 47.8 Å². The van der Waals surface area contributed by atoms with E-state index in [2.05, 4.69) is 11.1 Å². The lowest BCUT2D eigenvalue weighted by atomic mass is 9.94. The Balaban J connectivity index is 1.40. The van der Waals surface area contributed by atoms with Crippen molar-refractivity contribution in [3.05, 3.63) is 24.3 Å². The Kier molecular flexibility index (Phi) is 5.47. The van der Waals surface area contributed by atoms with Gasteiger partial charge in [0.1, 0.15) is 5.60 Å². The largest absolute Gasteiger partial charge is 0.470 e. The van der Waals surface area contributed by atoms with Gasteiger partial charge in [0.2, 0.25) is 0 Å². The predicted octanol–water partition coefficient (Wildman–Crippen LogP) is 4.71. The molecule has 2 aromatic rings. The van der Waals surface area contributed by atoms with Gasteiger partial charge in [0, 0.05) is 13.1 Å². The molecule has 1 aromatic carbocycles. The molecule has 0 atom stereocenters. The fraction of sp³-hybridized carbons (Fsp3) is 0.579. The van der Waals surface area contributed by atoms with E-state index in [-0.39, 0.29) is 6.09 Å². The Morgan fingerprint density at radius 3 is 2.68 bits per heavy atom. The van der Waals surface area contributed by atoms with Crippen LogP contribution in [-0.2, 0) is 4.74 Å². The number of hydrogen-bond donors (Lipinski definition) is 0. The molecule has 1 fully saturated rings. The van der Waals surface area contributed by atoms with Crippen molar-refractivity contribution in [1.82, 2.24) is 9.88 Å². The lowest BCUT2D eigenvalue weighted by Crippen LogP contribution is -2.41. The summed E-state index contributed by atoms with van der Waals surface area (Å²) in [5.74, 6) is 0.591. The van der Waals surface area contributed by atoms with E-state index < -0.39 is 5.60 Å². The van der Waals surface area contributed by atoms with Gasteiger partial charge in [-0.3, -0.25) is 0 Å². The van der Waals surface area contributed by atoms with Gasteiger partial charge in [-0.05, 0) is 58.1 Å². The number of para-hydroxylation sites is 1. The van der Waals surface area contributed by atoms with Gasteiger partial charge < -0.3 is 14.4 Å². The Morgan fingerprint density at radius 2 is 2.00 bits per heavy atom. The van der Waals surface area contributed by atoms with Crippen LogP contribution in [0.1, 0.15) is 40.0 Å². The first kappa shape index (κ1) is 18.0. The van der Waals surface area contributed by atoms with E-state index >= 15 is 0 Å². The van der Waals surface area contributed by atoms with E-state index in [1.807, 2.05) is 43.9 Å². The zero-order valence-corrected chi connectivity index (χ0v) is 16.0. The number of fused-ring (bicyclic) bond motifs is 1. The molecule has 3 rings (SSSR count). The average Bonchev–Trinajstić information content (AvgIpc) is 2.96. The second kappa shape index (κ2) is 7.60. The molecule has 1 aliphatic rings. The van der Waals surface area contributed by atoms with E-state index in [0.29, 0.717) is 12.5 Å². The predicted molar refractivity (Wildman–Crippen MR) is 100 cm³/mol. The van der Waals surface area contributed by atoms with Crippen LogP contribution in [0.15, 0.2) is 24.3 Å². The smallest absolute Gasteiger partial charge is 0.410 e. The minimum absolute atomic E-state index is 0.198. The summed E-state index contributed by atoms with van der Waals surface area (Å²) in [6.45, 7) is 7.91.